The van der Waals surface area contributed by atoms with Gasteiger partial charge < -0.3 is 10.1 Å². The number of carbonyl (C=O) groups excluding carboxylic acids is 3. The molecule has 0 fully saturated rings. The van der Waals surface area contributed by atoms with Gasteiger partial charge in [-0.2, -0.15) is 13.2 Å². The van der Waals surface area contributed by atoms with Crippen molar-refractivity contribution in [3.05, 3.63) is 65.2 Å². The summed E-state index contributed by atoms with van der Waals surface area (Å²) in [6.45, 7) is 4.84. The number of esters is 1. The van der Waals surface area contributed by atoms with E-state index in [4.69, 9.17) is 4.74 Å². The summed E-state index contributed by atoms with van der Waals surface area (Å²) < 4.78 is 42.5. The molecule has 2 rings (SSSR count). The number of anilines is 1. The van der Waals surface area contributed by atoms with Crippen LogP contribution in [0.2, 0.25) is 0 Å². The van der Waals surface area contributed by atoms with Crippen LogP contribution in [-0.2, 0) is 26.9 Å². The van der Waals surface area contributed by atoms with Crippen molar-refractivity contribution in [1.29, 1.82) is 0 Å². The van der Waals surface area contributed by atoms with Gasteiger partial charge in [-0.25, -0.2) is 0 Å². The first-order valence-corrected chi connectivity index (χ1v) is 9.13. The van der Waals surface area contributed by atoms with Crippen LogP contribution in [0.25, 0.3) is 0 Å². The molecule has 1 N–H and O–H groups in total. The molecule has 2 aromatic carbocycles. The third-order valence-corrected chi connectivity index (χ3v) is 4.14. The molecule has 0 aliphatic heterocycles. The lowest BCUT2D eigenvalue weighted by atomic mass is 9.95. The lowest BCUT2D eigenvalue weighted by Gasteiger charge is -2.17. The molecule has 30 heavy (non-hydrogen) atoms. The number of carbonyl (C=O) groups is 3. The average Bonchev–Trinajstić information content (AvgIpc) is 2.65. The van der Waals surface area contributed by atoms with Crippen LogP contribution >= 0.6 is 0 Å². The largest absolute Gasteiger partial charge is 0.457 e. The van der Waals surface area contributed by atoms with Crippen LogP contribution in [0.5, 0.6) is 0 Å². The number of hydrogen-bond acceptors (Lipinski definition) is 4. The second-order valence-electron chi connectivity index (χ2n) is 7.74. The molecule has 0 heterocycles. The summed E-state index contributed by atoms with van der Waals surface area (Å²) in [7, 11) is 0. The van der Waals surface area contributed by atoms with Gasteiger partial charge in [-0.3, -0.25) is 14.4 Å². The predicted molar refractivity (Wildman–Crippen MR) is 105 cm³/mol. The maximum Gasteiger partial charge on any atom is 0.416 e. The zero-order valence-corrected chi connectivity index (χ0v) is 16.8. The normalized spacial score (nSPS) is 11.7. The number of benzene rings is 2. The van der Waals surface area contributed by atoms with Crippen LogP contribution < -0.4 is 5.32 Å². The third kappa shape index (κ3) is 6.72. The highest BCUT2D eigenvalue weighted by Crippen LogP contribution is 2.29. The topological polar surface area (TPSA) is 72.5 Å². The van der Waals surface area contributed by atoms with Gasteiger partial charge in [0.15, 0.2) is 12.4 Å². The van der Waals surface area contributed by atoms with Gasteiger partial charge in [0.2, 0.25) is 5.91 Å². The van der Waals surface area contributed by atoms with Crippen LogP contribution in [0.15, 0.2) is 48.5 Å². The highest BCUT2D eigenvalue weighted by Gasteiger charge is 2.30. The molecule has 1 amide bonds. The Morgan fingerprint density at radius 2 is 1.47 bits per heavy atom. The molecule has 0 saturated heterocycles. The van der Waals surface area contributed by atoms with Gasteiger partial charge in [0.25, 0.3) is 0 Å². The Bertz CT molecular complexity index is 911. The number of Topliss-reactive ketones (excluding diaryl/α,β-unsaturated/α-hetero) is 1. The quantitative estimate of drug-likeness (QED) is 0.544. The summed E-state index contributed by atoms with van der Waals surface area (Å²) in [5.74, 6) is -1.33. The van der Waals surface area contributed by atoms with E-state index in [0.29, 0.717) is 16.8 Å². The Balaban J connectivity index is 1.86. The van der Waals surface area contributed by atoms with Crippen LogP contribution in [0.4, 0.5) is 18.9 Å². The Labute approximate surface area is 172 Å². The predicted octanol–water partition coefficient (Wildman–Crippen LogP) is 4.66. The van der Waals surface area contributed by atoms with Crippen LogP contribution in [-0.4, -0.2) is 24.3 Å². The molecule has 0 aliphatic carbocycles. The van der Waals surface area contributed by atoms with E-state index in [1.54, 1.807) is 32.9 Å². The fourth-order valence-corrected chi connectivity index (χ4v) is 2.32. The van der Waals surface area contributed by atoms with E-state index in [-0.39, 0.29) is 12.3 Å². The number of amides is 1. The molecule has 0 aromatic heterocycles. The number of alkyl halides is 3. The first kappa shape index (κ1) is 23.1. The highest BCUT2D eigenvalue weighted by atomic mass is 19.4. The van der Waals surface area contributed by atoms with Crippen molar-refractivity contribution in [2.24, 2.45) is 5.41 Å². The van der Waals surface area contributed by atoms with Crippen molar-refractivity contribution in [1.82, 2.24) is 0 Å². The van der Waals surface area contributed by atoms with Crippen LogP contribution in [0.1, 0.15) is 42.3 Å². The molecular formula is C22H22F3NO4. The van der Waals surface area contributed by atoms with Crippen LogP contribution in [0.3, 0.4) is 0 Å². The molecule has 0 saturated carbocycles. The molecule has 0 aliphatic rings. The van der Waals surface area contributed by atoms with E-state index in [1.165, 1.54) is 24.3 Å². The van der Waals surface area contributed by atoms with Gasteiger partial charge in [0.05, 0.1) is 12.0 Å². The lowest BCUT2D eigenvalue weighted by Crippen LogP contribution is -2.27. The molecule has 0 radical (unpaired) electrons. The molecule has 0 spiro atoms. The second kappa shape index (κ2) is 9.11. The molecular weight excluding hydrogens is 399 g/mol. The van der Waals surface area contributed by atoms with Gasteiger partial charge in [-0.1, -0.05) is 32.9 Å². The maximum absolute atomic E-state index is 12.5. The maximum atomic E-state index is 12.5. The molecule has 8 heteroatoms. The van der Waals surface area contributed by atoms with Crippen molar-refractivity contribution >= 4 is 23.3 Å². The van der Waals surface area contributed by atoms with Gasteiger partial charge in [0, 0.05) is 16.7 Å². The smallest absolute Gasteiger partial charge is 0.416 e. The minimum atomic E-state index is -4.45. The van der Waals surface area contributed by atoms with Crippen molar-refractivity contribution in [3.8, 4) is 0 Å². The zero-order valence-electron chi connectivity index (χ0n) is 16.8. The number of rotatable bonds is 6. The monoisotopic (exact) mass is 421 g/mol. The van der Waals surface area contributed by atoms with E-state index in [2.05, 4.69) is 5.32 Å². The minimum absolute atomic E-state index is 0.168. The molecule has 0 unspecified atom stereocenters. The Hall–Kier alpha value is -3.16. The van der Waals surface area contributed by atoms with Gasteiger partial charge in [-0.15, -0.1) is 0 Å². The van der Waals surface area contributed by atoms with Crippen molar-refractivity contribution < 1.29 is 32.3 Å². The Kier molecular flexibility index (Phi) is 7.02. The summed E-state index contributed by atoms with van der Waals surface area (Å²) in [4.78, 5) is 36.0. The van der Waals surface area contributed by atoms with Gasteiger partial charge >= 0.3 is 12.1 Å². The van der Waals surface area contributed by atoms with Crippen molar-refractivity contribution in [2.75, 3.05) is 11.9 Å². The van der Waals surface area contributed by atoms with Gasteiger partial charge in [0.1, 0.15) is 0 Å². The van der Waals surface area contributed by atoms with Crippen molar-refractivity contribution in [2.45, 2.75) is 33.4 Å². The van der Waals surface area contributed by atoms with Crippen LogP contribution in [0, 0.1) is 5.41 Å². The number of nitrogens with one attached hydrogen (secondary N) is 1. The summed E-state index contributed by atoms with van der Waals surface area (Å²) in [5.41, 5.74) is -0.191. The summed E-state index contributed by atoms with van der Waals surface area (Å²) in [6, 6.07) is 10.3. The summed E-state index contributed by atoms with van der Waals surface area (Å²) in [5, 5.41) is 2.73. The fraction of sp³-hybridized carbons (Fsp3) is 0.318. The molecule has 2 aromatic rings. The molecule has 5 nitrogen and oxygen atoms in total. The fourth-order valence-electron chi connectivity index (χ4n) is 2.32. The number of hydrogen-bond donors (Lipinski definition) is 1. The van der Waals surface area contributed by atoms with E-state index in [1.807, 2.05) is 0 Å². The first-order valence-electron chi connectivity index (χ1n) is 9.13. The Morgan fingerprint density at radius 1 is 0.900 bits per heavy atom. The molecule has 0 bridgehead atoms. The van der Waals surface area contributed by atoms with Crippen molar-refractivity contribution in [3.63, 3.8) is 0 Å². The van der Waals surface area contributed by atoms with E-state index < -0.39 is 35.5 Å². The second-order valence-corrected chi connectivity index (χ2v) is 7.74. The number of ether oxygens (including phenoxy) is 1. The molecule has 0 atom stereocenters. The third-order valence-electron chi connectivity index (χ3n) is 4.14. The Morgan fingerprint density at radius 3 is 1.97 bits per heavy atom. The number of halogens is 3. The SMILES string of the molecule is CC(C)(C)C(=O)Nc1ccc(C(=O)COC(=O)Cc2ccc(C(F)(F)F)cc2)cc1. The van der Waals surface area contributed by atoms with E-state index in [9.17, 15) is 27.6 Å². The first-order chi connectivity index (χ1) is 13.9. The van der Waals surface area contributed by atoms with E-state index in [0.717, 1.165) is 12.1 Å². The minimum Gasteiger partial charge on any atom is -0.457 e. The van der Waals surface area contributed by atoms with E-state index >= 15 is 0 Å². The number of ketones is 1. The summed E-state index contributed by atoms with van der Waals surface area (Å²) >= 11 is 0. The highest BCUT2D eigenvalue weighted by molar-refractivity contribution is 5.99. The average molecular weight is 421 g/mol. The van der Waals surface area contributed by atoms with Gasteiger partial charge in [-0.05, 0) is 42.0 Å². The molecule has 160 valence electrons. The summed E-state index contributed by atoms with van der Waals surface area (Å²) in [6.07, 6.45) is -4.69. The standard InChI is InChI=1S/C22H22F3NO4/c1-21(2,3)20(29)26-17-10-6-15(7-11-17)18(27)13-30-19(28)12-14-4-8-16(9-5-14)22(23,24)25/h4-11H,12-13H2,1-3H3,(H,26,29). The lowest BCUT2D eigenvalue weighted by molar-refractivity contribution is -0.141. The zero-order chi connectivity index (χ0) is 22.5.